The zero-order chi connectivity index (χ0) is 21.7. The number of urea groups is 1. The number of nitrogens with one attached hydrogen (secondary N) is 2. The lowest BCUT2D eigenvalue weighted by atomic mass is 10.1. The molecule has 0 saturated carbocycles. The third-order valence-corrected chi connectivity index (χ3v) is 4.54. The molecule has 0 aliphatic rings. The van der Waals surface area contributed by atoms with Crippen LogP contribution in [0.1, 0.15) is 12.5 Å². The van der Waals surface area contributed by atoms with E-state index in [1.54, 1.807) is 42.6 Å². The minimum absolute atomic E-state index is 0.0272. The van der Waals surface area contributed by atoms with Crippen molar-refractivity contribution in [2.45, 2.75) is 13.3 Å². The smallest absolute Gasteiger partial charge is 0.319 e. The lowest BCUT2D eigenvalue weighted by molar-refractivity contribution is -0.117. The quantitative estimate of drug-likeness (QED) is 0.528. The fraction of sp³-hybridized carbons (Fsp3) is 0.190. The van der Waals surface area contributed by atoms with E-state index in [9.17, 15) is 9.59 Å². The van der Waals surface area contributed by atoms with E-state index in [1.165, 1.54) is 7.11 Å². The Bertz CT molecular complexity index is 1100. The molecule has 1 aromatic heterocycles. The number of fused-ring (bicyclic) bond motifs is 1. The van der Waals surface area contributed by atoms with Crippen LogP contribution in [0.15, 0.2) is 42.6 Å². The lowest BCUT2D eigenvalue weighted by Crippen LogP contribution is -2.28. The highest BCUT2D eigenvalue weighted by Crippen LogP contribution is 2.35. The number of anilines is 1. The normalized spacial score (nSPS) is 10.5. The Labute approximate surface area is 178 Å². The van der Waals surface area contributed by atoms with Gasteiger partial charge in [0.25, 0.3) is 0 Å². The number of nitrogens with zero attached hydrogens (tertiary/aromatic N) is 1. The fourth-order valence-electron chi connectivity index (χ4n) is 2.91. The maximum atomic E-state index is 11.7. The first-order chi connectivity index (χ1) is 14.4. The second kappa shape index (κ2) is 9.32. The topological polar surface area (TPSA) is 116 Å². The van der Waals surface area contributed by atoms with Crippen LogP contribution in [0.25, 0.3) is 10.9 Å². The Morgan fingerprint density at radius 3 is 2.63 bits per heavy atom. The van der Waals surface area contributed by atoms with Crippen molar-refractivity contribution in [3.63, 3.8) is 0 Å². The van der Waals surface area contributed by atoms with Gasteiger partial charge in [-0.15, -0.1) is 0 Å². The van der Waals surface area contributed by atoms with Crippen molar-refractivity contribution in [1.29, 1.82) is 0 Å². The first kappa shape index (κ1) is 21.2. The molecule has 30 heavy (non-hydrogen) atoms. The van der Waals surface area contributed by atoms with Crippen molar-refractivity contribution >= 4 is 40.1 Å². The number of nitrogens with two attached hydrogens (primary N) is 1. The van der Waals surface area contributed by atoms with E-state index < -0.39 is 5.91 Å². The van der Waals surface area contributed by atoms with E-state index in [-0.39, 0.29) is 12.5 Å². The van der Waals surface area contributed by atoms with Crippen molar-refractivity contribution in [2.75, 3.05) is 19.0 Å². The molecule has 0 aliphatic heterocycles. The summed E-state index contributed by atoms with van der Waals surface area (Å²) in [6.07, 6.45) is 1.64. The van der Waals surface area contributed by atoms with Crippen LogP contribution < -0.4 is 25.8 Å². The highest BCUT2D eigenvalue weighted by Gasteiger charge is 2.13. The van der Waals surface area contributed by atoms with E-state index in [0.29, 0.717) is 51.0 Å². The molecule has 3 aromatic rings. The molecule has 0 unspecified atom stereocenters. The number of hydrogen-bond acceptors (Lipinski definition) is 5. The van der Waals surface area contributed by atoms with E-state index in [4.69, 9.17) is 26.8 Å². The average molecular weight is 429 g/mol. The number of hydrogen-bond donors (Lipinski definition) is 3. The number of halogens is 1. The SMILES string of the molecule is CCNC(=O)Nc1ccc(Oc2ccnc3cc(OC)c(CC(N)=O)cc23)cc1Cl. The van der Waals surface area contributed by atoms with Gasteiger partial charge in [0.2, 0.25) is 5.91 Å². The van der Waals surface area contributed by atoms with Gasteiger partial charge in [-0.25, -0.2) is 4.79 Å². The number of rotatable bonds is 7. The van der Waals surface area contributed by atoms with Gasteiger partial charge in [-0.05, 0) is 31.2 Å². The zero-order valence-corrected chi connectivity index (χ0v) is 17.2. The summed E-state index contributed by atoms with van der Waals surface area (Å²) in [5.74, 6) is 1.05. The highest BCUT2D eigenvalue weighted by molar-refractivity contribution is 6.33. The molecule has 0 radical (unpaired) electrons. The third kappa shape index (κ3) is 4.90. The predicted molar refractivity (Wildman–Crippen MR) is 115 cm³/mol. The molecule has 0 atom stereocenters. The van der Waals surface area contributed by atoms with E-state index in [2.05, 4.69) is 15.6 Å². The van der Waals surface area contributed by atoms with Gasteiger partial charge in [0.15, 0.2) is 0 Å². The van der Waals surface area contributed by atoms with Crippen LogP contribution in [-0.2, 0) is 11.2 Å². The maximum absolute atomic E-state index is 11.7. The van der Waals surface area contributed by atoms with Gasteiger partial charge in [0, 0.05) is 35.8 Å². The summed E-state index contributed by atoms with van der Waals surface area (Å²) in [6, 6.07) is 9.80. The Balaban J connectivity index is 1.92. The first-order valence-electron chi connectivity index (χ1n) is 9.17. The van der Waals surface area contributed by atoms with Crippen molar-refractivity contribution in [1.82, 2.24) is 10.3 Å². The first-order valence-corrected chi connectivity index (χ1v) is 9.55. The van der Waals surface area contributed by atoms with Gasteiger partial charge in [0.1, 0.15) is 17.2 Å². The molecule has 8 nitrogen and oxygen atoms in total. The van der Waals surface area contributed by atoms with Gasteiger partial charge in [-0.1, -0.05) is 11.6 Å². The van der Waals surface area contributed by atoms with Crippen molar-refractivity contribution < 1.29 is 19.1 Å². The van der Waals surface area contributed by atoms with Crippen LogP contribution in [-0.4, -0.2) is 30.6 Å². The predicted octanol–water partition coefficient (Wildman–Crippen LogP) is 3.86. The number of carbonyl (C=O) groups is 2. The van der Waals surface area contributed by atoms with Crippen LogP contribution in [0, 0.1) is 0 Å². The monoisotopic (exact) mass is 428 g/mol. The summed E-state index contributed by atoms with van der Waals surface area (Å²) in [4.78, 5) is 27.4. The van der Waals surface area contributed by atoms with Crippen molar-refractivity contribution in [2.24, 2.45) is 5.73 Å². The second-order valence-electron chi connectivity index (χ2n) is 6.36. The van der Waals surface area contributed by atoms with Gasteiger partial charge >= 0.3 is 6.03 Å². The fourth-order valence-corrected chi connectivity index (χ4v) is 3.13. The average Bonchev–Trinajstić information content (AvgIpc) is 2.70. The number of ether oxygens (including phenoxy) is 2. The Hall–Kier alpha value is -3.52. The number of carbonyl (C=O) groups excluding carboxylic acids is 2. The number of pyridine rings is 1. The molecule has 3 amide bonds. The second-order valence-corrected chi connectivity index (χ2v) is 6.77. The van der Waals surface area contributed by atoms with Gasteiger partial charge in [-0.3, -0.25) is 9.78 Å². The summed E-state index contributed by atoms with van der Waals surface area (Å²) >= 11 is 6.28. The van der Waals surface area contributed by atoms with E-state index in [1.807, 2.05) is 6.92 Å². The van der Waals surface area contributed by atoms with Gasteiger partial charge < -0.3 is 25.8 Å². The summed E-state index contributed by atoms with van der Waals surface area (Å²) < 4.78 is 11.3. The molecule has 9 heteroatoms. The van der Waals surface area contributed by atoms with Crippen LogP contribution >= 0.6 is 11.6 Å². The number of primary amides is 1. The lowest BCUT2D eigenvalue weighted by Gasteiger charge is -2.13. The molecule has 1 heterocycles. The highest BCUT2D eigenvalue weighted by atomic mass is 35.5. The number of amides is 3. The van der Waals surface area contributed by atoms with E-state index >= 15 is 0 Å². The summed E-state index contributed by atoms with van der Waals surface area (Å²) in [5, 5.41) is 6.32. The minimum Gasteiger partial charge on any atom is -0.496 e. The molecular weight excluding hydrogens is 408 g/mol. The van der Waals surface area contributed by atoms with Gasteiger partial charge in [0.05, 0.1) is 29.8 Å². The molecule has 3 rings (SSSR count). The molecule has 4 N–H and O–H groups in total. The molecule has 0 saturated heterocycles. The molecule has 0 fully saturated rings. The minimum atomic E-state index is -0.471. The van der Waals surface area contributed by atoms with Crippen LogP contribution in [0.5, 0.6) is 17.2 Å². The molecule has 0 aliphatic carbocycles. The standard InChI is InChI=1S/C21H21ClN4O4/c1-3-24-21(28)26-16-5-4-13(10-15(16)22)30-18-6-7-25-17-11-19(29-2)12(8-14(17)18)9-20(23)27/h4-8,10-11H,3,9H2,1-2H3,(H2,23,27)(H2,24,26,28). The Morgan fingerprint density at radius 1 is 1.17 bits per heavy atom. The van der Waals surface area contributed by atoms with Crippen molar-refractivity contribution in [3.05, 3.63) is 53.2 Å². The summed E-state index contributed by atoms with van der Waals surface area (Å²) in [7, 11) is 1.52. The van der Waals surface area contributed by atoms with Gasteiger partial charge in [-0.2, -0.15) is 0 Å². The van der Waals surface area contributed by atoms with Crippen molar-refractivity contribution in [3.8, 4) is 17.2 Å². The summed E-state index contributed by atoms with van der Waals surface area (Å²) in [5.41, 5.74) is 7.08. The number of methoxy groups -OCH3 is 1. The van der Waals surface area contributed by atoms with Crippen LogP contribution in [0.2, 0.25) is 5.02 Å². The maximum Gasteiger partial charge on any atom is 0.319 e. The van der Waals surface area contributed by atoms with E-state index in [0.717, 1.165) is 0 Å². The summed E-state index contributed by atoms with van der Waals surface area (Å²) in [6.45, 7) is 2.32. The number of aromatic nitrogens is 1. The largest absolute Gasteiger partial charge is 0.496 e. The molecule has 0 bridgehead atoms. The zero-order valence-electron chi connectivity index (χ0n) is 16.5. The van der Waals surface area contributed by atoms with Crippen LogP contribution in [0.3, 0.4) is 0 Å². The molecular formula is C21H21ClN4O4. The Morgan fingerprint density at radius 2 is 1.97 bits per heavy atom. The third-order valence-electron chi connectivity index (χ3n) is 4.22. The number of benzene rings is 2. The Kier molecular flexibility index (Phi) is 6.58. The molecule has 0 spiro atoms. The molecule has 2 aromatic carbocycles. The van der Waals surface area contributed by atoms with Crippen LogP contribution in [0.4, 0.5) is 10.5 Å². The molecule has 156 valence electrons.